The van der Waals surface area contributed by atoms with E-state index in [1.807, 2.05) is 42.6 Å². The third kappa shape index (κ3) is 4.72. The molecule has 0 aliphatic carbocycles. The van der Waals surface area contributed by atoms with Gasteiger partial charge in [-0.1, -0.05) is 29.3 Å². The van der Waals surface area contributed by atoms with Gasteiger partial charge in [-0.25, -0.2) is 0 Å². The summed E-state index contributed by atoms with van der Waals surface area (Å²) in [6, 6.07) is 16.1. The molecule has 1 heterocycles. The van der Waals surface area contributed by atoms with E-state index < -0.39 is 0 Å². The second kappa shape index (κ2) is 8.01. The molecule has 4 nitrogen and oxygen atoms in total. The Morgan fingerprint density at radius 2 is 1.76 bits per heavy atom. The van der Waals surface area contributed by atoms with Gasteiger partial charge in [0.1, 0.15) is 0 Å². The summed E-state index contributed by atoms with van der Waals surface area (Å²) in [5.74, 6) is -0.280. The van der Waals surface area contributed by atoms with Gasteiger partial charge in [-0.15, -0.1) is 0 Å². The number of hydrogen-bond acceptors (Lipinski definition) is 3. The van der Waals surface area contributed by atoms with Gasteiger partial charge < -0.3 is 10.6 Å². The van der Waals surface area contributed by atoms with Crippen LogP contribution in [0.1, 0.15) is 15.9 Å². The van der Waals surface area contributed by atoms with Crippen molar-refractivity contribution in [3.63, 3.8) is 0 Å². The Bertz CT molecular complexity index is 868. The Balaban J connectivity index is 1.61. The van der Waals surface area contributed by atoms with E-state index >= 15 is 0 Å². The predicted octanol–water partition coefficient (Wildman–Crippen LogP) is 5.25. The van der Waals surface area contributed by atoms with Gasteiger partial charge in [0.2, 0.25) is 0 Å². The van der Waals surface area contributed by atoms with Gasteiger partial charge in [-0.2, -0.15) is 0 Å². The molecule has 0 aliphatic heterocycles. The highest BCUT2D eigenvalue weighted by atomic mass is 35.5. The van der Waals surface area contributed by atoms with E-state index in [4.69, 9.17) is 23.2 Å². The first-order valence-corrected chi connectivity index (χ1v) is 8.36. The summed E-state index contributed by atoms with van der Waals surface area (Å²) in [6.07, 6.45) is 3.56. The van der Waals surface area contributed by atoms with Crippen molar-refractivity contribution in [3.05, 3.63) is 88.2 Å². The van der Waals surface area contributed by atoms with Crippen LogP contribution < -0.4 is 10.6 Å². The maximum atomic E-state index is 12.3. The molecule has 0 saturated heterocycles. The molecule has 6 heteroatoms. The fourth-order valence-corrected chi connectivity index (χ4v) is 2.74. The van der Waals surface area contributed by atoms with E-state index in [0.29, 0.717) is 27.8 Å². The first kappa shape index (κ1) is 17.3. The van der Waals surface area contributed by atoms with Crippen molar-refractivity contribution in [3.8, 4) is 0 Å². The predicted molar refractivity (Wildman–Crippen MR) is 102 cm³/mol. The van der Waals surface area contributed by atoms with Crippen LogP contribution in [-0.2, 0) is 6.54 Å². The molecular formula is C19H15Cl2N3O. The van der Waals surface area contributed by atoms with Crippen LogP contribution in [0.2, 0.25) is 10.0 Å². The summed E-state index contributed by atoms with van der Waals surface area (Å²) >= 11 is 11.9. The molecule has 3 rings (SSSR count). The van der Waals surface area contributed by atoms with Crippen molar-refractivity contribution in [2.75, 3.05) is 10.6 Å². The summed E-state index contributed by atoms with van der Waals surface area (Å²) in [4.78, 5) is 16.4. The van der Waals surface area contributed by atoms with Crippen LogP contribution in [0.15, 0.2) is 67.0 Å². The van der Waals surface area contributed by atoms with E-state index in [9.17, 15) is 4.79 Å². The van der Waals surface area contributed by atoms with Crippen molar-refractivity contribution < 1.29 is 4.79 Å². The summed E-state index contributed by atoms with van der Waals surface area (Å²) in [5, 5.41) is 6.93. The lowest BCUT2D eigenvalue weighted by atomic mass is 10.2. The molecule has 1 aromatic heterocycles. The number of nitrogens with zero attached hydrogens (tertiary/aromatic N) is 1. The van der Waals surface area contributed by atoms with Gasteiger partial charge in [0, 0.05) is 35.3 Å². The average Bonchev–Trinajstić information content (AvgIpc) is 2.62. The summed E-state index contributed by atoms with van der Waals surface area (Å²) in [6.45, 7) is 0.680. The number of halogens is 2. The summed E-state index contributed by atoms with van der Waals surface area (Å²) in [5.41, 5.74) is 3.11. The molecule has 0 unspecified atom stereocenters. The maximum absolute atomic E-state index is 12.3. The van der Waals surface area contributed by atoms with Crippen molar-refractivity contribution in [1.29, 1.82) is 0 Å². The van der Waals surface area contributed by atoms with Gasteiger partial charge in [0.15, 0.2) is 0 Å². The topological polar surface area (TPSA) is 54.0 Å². The van der Waals surface area contributed by atoms with Crippen molar-refractivity contribution in [1.82, 2.24) is 4.98 Å². The number of pyridine rings is 1. The van der Waals surface area contributed by atoms with Crippen LogP contribution in [0.25, 0.3) is 0 Å². The lowest BCUT2D eigenvalue weighted by Gasteiger charge is -2.09. The Hall–Kier alpha value is -2.56. The SMILES string of the molecule is O=C(Nc1ccc(NCc2cccnc2)cc1)c1ccc(Cl)cc1Cl. The fraction of sp³-hybridized carbons (Fsp3) is 0.0526. The van der Waals surface area contributed by atoms with Crippen LogP contribution in [0, 0.1) is 0 Å². The Labute approximate surface area is 155 Å². The lowest BCUT2D eigenvalue weighted by molar-refractivity contribution is 0.102. The zero-order chi connectivity index (χ0) is 17.6. The van der Waals surface area contributed by atoms with Crippen molar-refractivity contribution >= 4 is 40.5 Å². The van der Waals surface area contributed by atoms with Gasteiger partial charge >= 0.3 is 0 Å². The lowest BCUT2D eigenvalue weighted by Crippen LogP contribution is -2.12. The Morgan fingerprint density at radius 3 is 2.44 bits per heavy atom. The standard InChI is InChI=1S/C19H15Cl2N3O/c20-14-3-8-17(18(21)10-14)19(25)24-16-6-4-15(5-7-16)23-12-13-2-1-9-22-11-13/h1-11,23H,12H2,(H,24,25). The second-order valence-electron chi connectivity index (χ2n) is 5.37. The van der Waals surface area contributed by atoms with Crippen molar-refractivity contribution in [2.45, 2.75) is 6.54 Å². The molecule has 126 valence electrons. The van der Waals surface area contributed by atoms with E-state index in [0.717, 1.165) is 11.3 Å². The van der Waals surface area contributed by atoms with Gasteiger partial charge in [0.25, 0.3) is 5.91 Å². The summed E-state index contributed by atoms with van der Waals surface area (Å²) < 4.78 is 0. The minimum atomic E-state index is -0.280. The number of benzene rings is 2. The minimum Gasteiger partial charge on any atom is -0.381 e. The Morgan fingerprint density at radius 1 is 1.00 bits per heavy atom. The number of aromatic nitrogens is 1. The number of carbonyl (C=O) groups is 1. The highest BCUT2D eigenvalue weighted by Crippen LogP contribution is 2.22. The van der Waals surface area contributed by atoms with Crippen LogP contribution >= 0.6 is 23.2 Å². The monoisotopic (exact) mass is 371 g/mol. The molecule has 0 spiro atoms. The molecule has 3 aromatic rings. The fourth-order valence-electron chi connectivity index (χ4n) is 2.25. The van der Waals surface area contributed by atoms with E-state index in [-0.39, 0.29) is 5.91 Å². The molecule has 0 aliphatic rings. The highest BCUT2D eigenvalue weighted by molar-refractivity contribution is 6.37. The maximum Gasteiger partial charge on any atom is 0.257 e. The number of anilines is 2. The number of rotatable bonds is 5. The first-order valence-electron chi connectivity index (χ1n) is 7.61. The zero-order valence-corrected chi connectivity index (χ0v) is 14.7. The van der Waals surface area contributed by atoms with Crippen LogP contribution in [0.3, 0.4) is 0 Å². The molecule has 1 amide bonds. The van der Waals surface area contributed by atoms with Gasteiger partial charge in [0.05, 0.1) is 10.6 Å². The number of nitrogens with one attached hydrogen (secondary N) is 2. The number of carbonyl (C=O) groups excluding carboxylic acids is 1. The molecular weight excluding hydrogens is 357 g/mol. The molecule has 0 atom stereocenters. The quantitative estimate of drug-likeness (QED) is 0.643. The second-order valence-corrected chi connectivity index (χ2v) is 6.21. The average molecular weight is 372 g/mol. The van der Waals surface area contributed by atoms with Crippen LogP contribution in [0.4, 0.5) is 11.4 Å². The number of amides is 1. The molecule has 0 saturated carbocycles. The first-order chi connectivity index (χ1) is 12.1. The van der Waals surface area contributed by atoms with Gasteiger partial charge in [-0.3, -0.25) is 9.78 Å². The summed E-state index contributed by atoms with van der Waals surface area (Å²) in [7, 11) is 0. The molecule has 0 fully saturated rings. The molecule has 25 heavy (non-hydrogen) atoms. The smallest absolute Gasteiger partial charge is 0.257 e. The third-order valence-corrected chi connectivity index (χ3v) is 4.09. The molecule has 2 N–H and O–H groups in total. The normalized spacial score (nSPS) is 10.3. The van der Waals surface area contributed by atoms with E-state index in [1.54, 1.807) is 24.4 Å². The zero-order valence-electron chi connectivity index (χ0n) is 13.2. The minimum absolute atomic E-state index is 0.280. The molecule has 0 bridgehead atoms. The van der Waals surface area contributed by atoms with E-state index in [2.05, 4.69) is 15.6 Å². The van der Waals surface area contributed by atoms with Gasteiger partial charge in [-0.05, 0) is 54.1 Å². The van der Waals surface area contributed by atoms with Crippen LogP contribution in [0.5, 0.6) is 0 Å². The highest BCUT2D eigenvalue weighted by Gasteiger charge is 2.11. The third-order valence-electron chi connectivity index (χ3n) is 3.54. The molecule has 2 aromatic carbocycles. The number of hydrogen-bond donors (Lipinski definition) is 2. The van der Waals surface area contributed by atoms with E-state index in [1.165, 1.54) is 0 Å². The largest absolute Gasteiger partial charge is 0.381 e. The Kier molecular flexibility index (Phi) is 5.53. The van der Waals surface area contributed by atoms with Crippen molar-refractivity contribution in [2.24, 2.45) is 0 Å². The molecule has 0 radical (unpaired) electrons. The van der Waals surface area contributed by atoms with Crippen LogP contribution in [-0.4, -0.2) is 10.9 Å².